The monoisotopic (exact) mass is 335 g/mol. The zero-order chi connectivity index (χ0) is 16.6. The van der Waals surface area contributed by atoms with E-state index in [0.717, 1.165) is 11.4 Å². The van der Waals surface area contributed by atoms with Crippen molar-refractivity contribution in [1.82, 2.24) is 24.5 Å². The fourth-order valence-electron chi connectivity index (χ4n) is 2.81. The molecule has 2 atom stereocenters. The molecule has 1 aliphatic heterocycles. The highest BCUT2D eigenvalue weighted by atomic mass is 32.2. The van der Waals surface area contributed by atoms with Gasteiger partial charge in [-0.3, -0.25) is 4.79 Å². The van der Waals surface area contributed by atoms with E-state index in [1.165, 1.54) is 11.8 Å². The summed E-state index contributed by atoms with van der Waals surface area (Å²) in [5.41, 5.74) is 1.89. The fourth-order valence-corrected chi connectivity index (χ4v) is 3.53. The number of ether oxygens (including phenoxy) is 1. The van der Waals surface area contributed by atoms with Crippen LogP contribution in [0.2, 0.25) is 0 Å². The summed E-state index contributed by atoms with van der Waals surface area (Å²) in [4.78, 5) is 23.0. The maximum absolute atomic E-state index is 12.4. The molecule has 124 valence electrons. The number of rotatable bonds is 3. The van der Waals surface area contributed by atoms with Crippen LogP contribution < -0.4 is 0 Å². The number of amides is 1. The summed E-state index contributed by atoms with van der Waals surface area (Å²) in [6.07, 6.45) is 0.159. The van der Waals surface area contributed by atoms with Crippen molar-refractivity contribution in [2.75, 3.05) is 18.8 Å². The van der Waals surface area contributed by atoms with Crippen molar-refractivity contribution in [2.24, 2.45) is 0 Å². The van der Waals surface area contributed by atoms with Gasteiger partial charge in [0.05, 0.1) is 18.0 Å². The molecule has 7 nitrogen and oxygen atoms in total. The topological polar surface area (TPSA) is 72.6 Å². The highest BCUT2D eigenvalue weighted by molar-refractivity contribution is 7.99. The Bertz CT molecular complexity index is 722. The number of thioether (sulfide) groups is 1. The average molecular weight is 335 g/mol. The van der Waals surface area contributed by atoms with Gasteiger partial charge in [-0.05, 0) is 33.8 Å². The molecule has 3 rings (SSSR count). The first-order chi connectivity index (χ1) is 10.9. The van der Waals surface area contributed by atoms with E-state index in [-0.39, 0.29) is 18.1 Å². The molecule has 8 heteroatoms. The minimum absolute atomic E-state index is 0.0795. The normalized spacial score (nSPS) is 21.8. The number of hydrogen-bond acceptors (Lipinski definition) is 6. The van der Waals surface area contributed by atoms with E-state index < -0.39 is 0 Å². The van der Waals surface area contributed by atoms with Gasteiger partial charge < -0.3 is 9.64 Å². The van der Waals surface area contributed by atoms with Crippen molar-refractivity contribution < 1.29 is 9.53 Å². The van der Waals surface area contributed by atoms with Gasteiger partial charge >= 0.3 is 0 Å². The van der Waals surface area contributed by atoms with Crippen LogP contribution in [-0.4, -0.2) is 61.4 Å². The Hall–Kier alpha value is -1.67. The molecule has 0 radical (unpaired) electrons. The van der Waals surface area contributed by atoms with Gasteiger partial charge in [-0.1, -0.05) is 11.8 Å². The molecule has 0 bridgehead atoms. The van der Waals surface area contributed by atoms with Crippen molar-refractivity contribution in [2.45, 2.75) is 45.1 Å². The molecule has 0 aliphatic carbocycles. The SMILES string of the molecule is Cc1cc(C)n2nc(SCC(=O)N3C[C@@H](C)O[C@@H](C)C3)nc2n1. The largest absolute Gasteiger partial charge is 0.372 e. The van der Waals surface area contributed by atoms with Crippen LogP contribution in [0.3, 0.4) is 0 Å². The van der Waals surface area contributed by atoms with Gasteiger partial charge in [-0.15, -0.1) is 5.10 Å². The zero-order valence-electron chi connectivity index (χ0n) is 13.8. The molecule has 0 N–H and O–H groups in total. The Morgan fingerprint density at radius 1 is 1.30 bits per heavy atom. The predicted octanol–water partition coefficient (Wildman–Crippen LogP) is 1.47. The molecule has 0 spiro atoms. The lowest BCUT2D eigenvalue weighted by Crippen LogP contribution is -2.48. The maximum atomic E-state index is 12.4. The molecule has 23 heavy (non-hydrogen) atoms. The Kier molecular flexibility index (Phi) is 4.54. The number of aromatic nitrogens is 4. The van der Waals surface area contributed by atoms with Crippen molar-refractivity contribution in [1.29, 1.82) is 0 Å². The van der Waals surface area contributed by atoms with Crippen LogP contribution in [0.25, 0.3) is 5.78 Å². The quantitative estimate of drug-likeness (QED) is 0.791. The third-order valence-corrected chi connectivity index (χ3v) is 4.52. The van der Waals surface area contributed by atoms with E-state index in [1.807, 2.05) is 38.7 Å². The lowest BCUT2D eigenvalue weighted by atomic mass is 10.2. The molecule has 1 fully saturated rings. The number of aryl methyl sites for hydroxylation is 2. The Labute approximate surface area is 139 Å². The Morgan fingerprint density at radius 3 is 2.70 bits per heavy atom. The summed E-state index contributed by atoms with van der Waals surface area (Å²) in [5.74, 6) is 0.997. The highest BCUT2D eigenvalue weighted by Crippen LogP contribution is 2.18. The fraction of sp³-hybridized carbons (Fsp3) is 0.600. The van der Waals surface area contributed by atoms with Crippen LogP contribution in [-0.2, 0) is 9.53 Å². The van der Waals surface area contributed by atoms with E-state index in [9.17, 15) is 4.79 Å². The van der Waals surface area contributed by atoms with Crippen LogP contribution in [0.4, 0.5) is 0 Å². The van der Waals surface area contributed by atoms with Gasteiger partial charge in [0.25, 0.3) is 5.78 Å². The lowest BCUT2D eigenvalue weighted by molar-refractivity contribution is -0.140. The van der Waals surface area contributed by atoms with Crippen LogP contribution in [0, 0.1) is 13.8 Å². The van der Waals surface area contributed by atoms with E-state index in [0.29, 0.717) is 29.8 Å². The van der Waals surface area contributed by atoms with Gasteiger partial charge in [-0.2, -0.15) is 4.98 Å². The molecule has 0 aromatic carbocycles. The molecule has 1 amide bonds. The van der Waals surface area contributed by atoms with Crippen molar-refractivity contribution in [3.8, 4) is 0 Å². The summed E-state index contributed by atoms with van der Waals surface area (Å²) in [7, 11) is 0. The molecule has 1 aliphatic rings. The summed E-state index contributed by atoms with van der Waals surface area (Å²) in [6, 6.07) is 1.96. The van der Waals surface area contributed by atoms with E-state index in [2.05, 4.69) is 15.1 Å². The number of nitrogens with zero attached hydrogens (tertiary/aromatic N) is 5. The first-order valence-electron chi connectivity index (χ1n) is 7.69. The molecule has 2 aromatic rings. The Balaban J connectivity index is 1.66. The van der Waals surface area contributed by atoms with Crippen molar-refractivity contribution in [3.63, 3.8) is 0 Å². The standard InChI is InChI=1S/C15H21N5O2S/c1-9-5-10(2)20-14(16-9)17-15(18-20)23-8-13(21)19-6-11(3)22-12(4)7-19/h5,11-12H,6-8H2,1-4H3/t11-,12+. The van der Waals surface area contributed by atoms with E-state index in [1.54, 1.807) is 4.52 Å². The third kappa shape index (κ3) is 3.64. The summed E-state index contributed by atoms with van der Waals surface area (Å²) >= 11 is 1.35. The minimum Gasteiger partial charge on any atom is -0.372 e. The molecule has 2 aromatic heterocycles. The van der Waals surface area contributed by atoms with Crippen LogP contribution in [0.1, 0.15) is 25.2 Å². The number of carbonyl (C=O) groups is 1. The zero-order valence-corrected chi connectivity index (χ0v) is 14.6. The smallest absolute Gasteiger partial charge is 0.253 e. The number of hydrogen-bond donors (Lipinski definition) is 0. The number of morpholine rings is 1. The first kappa shape index (κ1) is 16.2. The van der Waals surface area contributed by atoms with Gasteiger partial charge in [0.2, 0.25) is 11.1 Å². The second kappa shape index (κ2) is 6.45. The van der Waals surface area contributed by atoms with Crippen LogP contribution >= 0.6 is 11.8 Å². The second-order valence-electron chi connectivity index (χ2n) is 5.99. The summed E-state index contributed by atoms with van der Waals surface area (Å²) in [5, 5.41) is 4.99. The predicted molar refractivity (Wildman–Crippen MR) is 87.6 cm³/mol. The van der Waals surface area contributed by atoms with E-state index in [4.69, 9.17) is 4.74 Å². The molecular weight excluding hydrogens is 314 g/mol. The van der Waals surface area contributed by atoms with Gasteiger partial charge in [0.15, 0.2) is 0 Å². The number of carbonyl (C=O) groups excluding carboxylic acids is 1. The Morgan fingerprint density at radius 2 is 2.00 bits per heavy atom. The number of fused-ring (bicyclic) bond motifs is 1. The molecule has 0 unspecified atom stereocenters. The molecule has 0 saturated carbocycles. The first-order valence-corrected chi connectivity index (χ1v) is 8.68. The van der Waals surface area contributed by atoms with Gasteiger partial charge in [-0.25, -0.2) is 9.50 Å². The molecule has 1 saturated heterocycles. The maximum Gasteiger partial charge on any atom is 0.253 e. The van der Waals surface area contributed by atoms with Crippen LogP contribution in [0.15, 0.2) is 11.2 Å². The minimum atomic E-state index is 0.0795. The third-order valence-electron chi connectivity index (χ3n) is 3.70. The molecular formula is C15H21N5O2S. The highest BCUT2D eigenvalue weighted by Gasteiger charge is 2.26. The lowest BCUT2D eigenvalue weighted by Gasteiger charge is -2.35. The van der Waals surface area contributed by atoms with Gasteiger partial charge in [0, 0.05) is 24.5 Å². The second-order valence-corrected chi connectivity index (χ2v) is 6.93. The van der Waals surface area contributed by atoms with Crippen molar-refractivity contribution in [3.05, 3.63) is 17.5 Å². The van der Waals surface area contributed by atoms with Gasteiger partial charge in [0.1, 0.15) is 0 Å². The summed E-state index contributed by atoms with van der Waals surface area (Å²) in [6.45, 7) is 9.16. The van der Waals surface area contributed by atoms with E-state index >= 15 is 0 Å². The van der Waals surface area contributed by atoms with Crippen LogP contribution in [0.5, 0.6) is 0 Å². The summed E-state index contributed by atoms with van der Waals surface area (Å²) < 4.78 is 7.36. The molecule has 3 heterocycles. The van der Waals surface area contributed by atoms with Crippen molar-refractivity contribution >= 4 is 23.4 Å². The average Bonchev–Trinajstić information content (AvgIpc) is 2.87.